The van der Waals surface area contributed by atoms with E-state index in [-0.39, 0.29) is 0 Å². The molecule has 19 heavy (non-hydrogen) atoms. The predicted octanol–water partition coefficient (Wildman–Crippen LogP) is 3.71. The maximum absolute atomic E-state index is 5.96. The van der Waals surface area contributed by atoms with Crippen LogP contribution >= 0.6 is 11.8 Å². The lowest BCUT2D eigenvalue weighted by atomic mass is 10.1. The van der Waals surface area contributed by atoms with Gasteiger partial charge >= 0.3 is 0 Å². The van der Waals surface area contributed by atoms with Gasteiger partial charge in [0.2, 0.25) is 0 Å². The van der Waals surface area contributed by atoms with E-state index < -0.39 is 0 Å². The van der Waals surface area contributed by atoms with Crippen molar-refractivity contribution in [1.29, 1.82) is 0 Å². The summed E-state index contributed by atoms with van der Waals surface area (Å²) in [7, 11) is 0. The lowest BCUT2D eigenvalue weighted by Crippen LogP contribution is -2.04. The highest BCUT2D eigenvalue weighted by molar-refractivity contribution is 7.99. The summed E-state index contributed by atoms with van der Waals surface area (Å²) in [5.74, 6) is 2.37. The standard InChI is InChI=1S/C15H19N3S/c1-4-13-10(3)14(16)18-15(17-13)11-6-8-12(9-7-11)19-5-2/h6-9H,4-5H2,1-3H3,(H2,16,17,18). The maximum atomic E-state index is 5.96. The number of aromatic nitrogens is 2. The fourth-order valence-electron chi connectivity index (χ4n) is 1.92. The number of anilines is 1. The van der Waals surface area contributed by atoms with E-state index >= 15 is 0 Å². The summed E-state index contributed by atoms with van der Waals surface area (Å²) in [6, 6.07) is 8.33. The molecule has 0 unspecified atom stereocenters. The molecule has 0 atom stereocenters. The van der Waals surface area contributed by atoms with Gasteiger partial charge in [-0.25, -0.2) is 9.97 Å². The third-order valence-corrected chi connectivity index (χ3v) is 3.94. The van der Waals surface area contributed by atoms with E-state index in [0.29, 0.717) is 11.6 Å². The van der Waals surface area contributed by atoms with Crippen LogP contribution in [0.3, 0.4) is 0 Å². The number of nitrogens with zero attached hydrogens (tertiary/aromatic N) is 2. The van der Waals surface area contributed by atoms with Gasteiger partial charge in [0, 0.05) is 21.7 Å². The largest absolute Gasteiger partial charge is 0.383 e. The second-order valence-electron chi connectivity index (χ2n) is 4.32. The number of benzene rings is 1. The Balaban J connectivity index is 2.38. The lowest BCUT2D eigenvalue weighted by Gasteiger charge is -2.09. The Hall–Kier alpha value is -1.55. The average molecular weight is 273 g/mol. The van der Waals surface area contributed by atoms with Gasteiger partial charge in [0.05, 0.1) is 0 Å². The second kappa shape index (κ2) is 6.06. The van der Waals surface area contributed by atoms with Gasteiger partial charge in [-0.3, -0.25) is 0 Å². The van der Waals surface area contributed by atoms with Crippen molar-refractivity contribution in [3.63, 3.8) is 0 Å². The maximum Gasteiger partial charge on any atom is 0.161 e. The SMILES string of the molecule is CCSc1ccc(-c2nc(N)c(C)c(CC)n2)cc1. The molecule has 2 rings (SSSR count). The van der Waals surface area contributed by atoms with Gasteiger partial charge in [0.1, 0.15) is 5.82 Å². The van der Waals surface area contributed by atoms with E-state index in [9.17, 15) is 0 Å². The van der Waals surface area contributed by atoms with Crippen molar-refractivity contribution in [2.45, 2.75) is 32.1 Å². The van der Waals surface area contributed by atoms with Gasteiger partial charge in [-0.15, -0.1) is 11.8 Å². The zero-order chi connectivity index (χ0) is 13.8. The van der Waals surface area contributed by atoms with Crippen molar-refractivity contribution in [1.82, 2.24) is 9.97 Å². The third kappa shape index (κ3) is 3.07. The summed E-state index contributed by atoms with van der Waals surface area (Å²) in [6.07, 6.45) is 0.870. The minimum absolute atomic E-state index is 0.578. The van der Waals surface area contributed by atoms with Crippen LogP contribution in [0.1, 0.15) is 25.1 Å². The van der Waals surface area contributed by atoms with Gasteiger partial charge in [-0.2, -0.15) is 0 Å². The second-order valence-corrected chi connectivity index (χ2v) is 5.65. The van der Waals surface area contributed by atoms with Crippen molar-refractivity contribution >= 4 is 17.6 Å². The fourth-order valence-corrected chi connectivity index (χ4v) is 2.58. The number of aryl methyl sites for hydroxylation is 1. The van der Waals surface area contributed by atoms with E-state index in [0.717, 1.165) is 29.0 Å². The quantitative estimate of drug-likeness (QED) is 0.863. The molecule has 0 saturated carbocycles. The van der Waals surface area contributed by atoms with Crippen molar-refractivity contribution < 1.29 is 0 Å². The molecule has 2 N–H and O–H groups in total. The molecule has 3 nitrogen and oxygen atoms in total. The molecule has 1 aromatic heterocycles. The number of nitrogen functional groups attached to an aromatic ring is 1. The predicted molar refractivity (Wildman–Crippen MR) is 82.4 cm³/mol. The minimum atomic E-state index is 0.578. The highest BCUT2D eigenvalue weighted by Crippen LogP contribution is 2.24. The zero-order valence-electron chi connectivity index (χ0n) is 11.6. The topological polar surface area (TPSA) is 51.8 Å². The number of thioether (sulfide) groups is 1. The van der Waals surface area contributed by atoms with Crippen LogP contribution in [0.5, 0.6) is 0 Å². The van der Waals surface area contributed by atoms with E-state index in [4.69, 9.17) is 5.73 Å². The van der Waals surface area contributed by atoms with Crippen molar-refractivity contribution in [3.8, 4) is 11.4 Å². The van der Waals surface area contributed by atoms with Crippen molar-refractivity contribution in [3.05, 3.63) is 35.5 Å². The summed E-state index contributed by atoms with van der Waals surface area (Å²) in [4.78, 5) is 10.3. The van der Waals surface area contributed by atoms with Crippen LogP contribution < -0.4 is 5.73 Å². The smallest absolute Gasteiger partial charge is 0.161 e. The Morgan fingerprint density at radius 2 is 1.79 bits per heavy atom. The molecule has 100 valence electrons. The molecule has 0 bridgehead atoms. The molecule has 1 aromatic carbocycles. The Kier molecular flexibility index (Phi) is 4.43. The number of nitrogens with two attached hydrogens (primary N) is 1. The molecular formula is C15H19N3S. The Bertz CT molecular complexity index is 564. The first kappa shape index (κ1) is 13.9. The third-order valence-electron chi connectivity index (χ3n) is 3.04. The van der Waals surface area contributed by atoms with Crippen molar-refractivity contribution in [2.75, 3.05) is 11.5 Å². The lowest BCUT2D eigenvalue weighted by molar-refractivity contribution is 0.982. The molecule has 0 aliphatic carbocycles. The van der Waals surface area contributed by atoms with Gasteiger partial charge in [0.25, 0.3) is 0 Å². The first-order valence-electron chi connectivity index (χ1n) is 6.52. The van der Waals surface area contributed by atoms with Gasteiger partial charge in [-0.1, -0.05) is 26.0 Å². The highest BCUT2D eigenvalue weighted by atomic mass is 32.2. The average Bonchev–Trinajstić information content (AvgIpc) is 2.43. The summed E-state index contributed by atoms with van der Waals surface area (Å²) >= 11 is 1.83. The van der Waals surface area contributed by atoms with E-state index in [1.165, 1.54) is 4.90 Å². The van der Waals surface area contributed by atoms with Crippen LogP contribution in [-0.2, 0) is 6.42 Å². The number of rotatable bonds is 4. The molecule has 0 spiro atoms. The Morgan fingerprint density at radius 3 is 2.37 bits per heavy atom. The molecular weight excluding hydrogens is 254 g/mol. The van der Waals surface area contributed by atoms with E-state index in [2.05, 4.69) is 48.1 Å². The normalized spacial score (nSPS) is 10.7. The van der Waals surface area contributed by atoms with Gasteiger partial charge < -0.3 is 5.73 Å². The summed E-state index contributed by atoms with van der Waals surface area (Å²) in [5, 5.41) is 0. The summed E-state index contributed by atoms with van der Waals surface area (Å²) in [6.45, 7) is 6.20. The fraction of sp³-hybridized carbons (Fsp3) is 0.333. The summed E-state index contributed by atoms with van der Waals surface area (Å²) in [5.41, 5.74) is 8.99. The molecule has 0 radical (unpaired) electrons. The van der Waals surface area contributed by atoms with E-state index in [1.54, 1.807) is 0 Å². The van der Waals surface area contributed by atoms with Crippen LogP contribution in [0.15, 0.2) is 29.2 Å². The van der Waals surface area contributed by atoms with Crippen LogP contribution in [0, 0.1) is 6.92 Å². The molecule has 4 heteroatoms. The number of hydrogen-bond donors (Lipinski definition) is 1. The highest BCUT2D eigenvalue weighted by Gasteiger charge is 2.09. The first-order valence-corrected chi connectivity index (χ1v) is 7.50. The van der Waals surface area contributed by atoms with Gasteiger partial charge in [0.15, 0.2) is 5.82 Å². The number of hydrogen-bond acceptors (Lipinski definition) is 4. The van der Waals surface area contributed by atoms with Crippen LogP contribution in [-0.4, -0.2) is 15.7 Å². The first-order chi connectivity index (χ1) is 9.15. The monoisotopic (exact) mass is 273 g/mol. The van der Waals surface area contributed by atoms with Crippen molar-refractivity contribution in [2.24, 2.45) is 0 Å². The Labute approximate surface area is 118 Å². The molecule has 0 aliphatic heterocycles. The molecule has 0 fully saturated rings. The zero-order valence-corrected chi connectivity index (χ0v) is 12.4. The molecule has 0 saturated heterocycles. The van der Waals surface area contributed by atoms with Gasteiger partial charge in [-0.05, 0) is 31.2 Å². The molecule has 1 heterocycles. The molecule has 2 aromatic rings. The molecule has 0 aliphatic rings. The van der Waals surface area contributed by atoms with Crippen LogP contribution in [0.25, 0.3) is 11.4 Å². The van der Waals surface area contributed by atoms with Crippen LogP contribution in [0.4, 0.5) is 5.82 Å². The minimum Gasteiger partial charge on any atom is -0.383 e. The molecule has 0 amide bonds. The Morgan fingerprint density at radius 1 is 1.11 bits per heavy atom. The van der Waals surface area contributed by atoms with Crippen LogP contribution in [0.2, 0.25) is 0 Å². The van der Waals surface area contributed by atoms with E-state index in [1.807, 2.05) is 18.7 Å². The summed E-state index contributed by atoms with van der Waals surface area (Å²) < 4.78 is 0.